The molecular weight excluding hydrogens is 232 g/mol. The third-order valence-corrected chi connectivity index (χ3v) is 3.17. The Morgan fingerprint density at radius 2 is 1.89 bits per heavy atom. The standard InChI is InChI=1S/C13H24N2O3/c1-11(2)10-12(16)15-6-3-5-14(8-9-15)7-4-13(17)18/h11H,3-10H2,1-2H3,(H,17,18). The van der Waals surface area contributed by atoms with E-state index in [1.54, 1.807) is 0 Å². The molecule has 18 heavy (non-hydrogen) atoms. The monoisotopic (exact) mass is 256 g/mol. The molecule has 1 rings (SSSR count). The second-order valence-electron chi connectivity index (χ2n) is 5.32. The quantitative estimate of drug-likeness (QED) is 0.798. The number of carboxylic acid groups (broad SMARTS) is 1. The maximum absolute atomic E-state index is 11.9. The molecule has 0 spiro atoms. The zero-order valence-electron chi connectivity index (χ0n) is 11.4. The van der Waals surface area contributed by atoms with Gasteiger partial charge in [-0.3, -0.25) is 9.59 Å². The average Bonchev–Trinajstić information content (AvgIpc) is 2.50. The van der Waals surface area contributed by atoms with Gasteiger partial charge in [0.15, 0.2) is 0 Å². The second kappa shape index (κ2) is 7.36. The van der Waals surface area contributed by atoms with Gasteiger partial charge in [0.2, 0.25) is 5.91 Å². The molecule has 0 saturated carbocycles. The molecule has 1 amide bonds. The summed E-state index contributed by atoms with van der Waals surface area (Å²) in [7, 11) is 0. The van der Waals surface area contributed by atoms with Crippen molar-refractivity contribution < 1.29 is 14.7 Å². The molecule has 1 fully saturated rings. The normalized spacial score (nSPS) is 17.8. The van der Waals surface area contributed by atoms with Crippen LogP contribution in [0.4, 0.5) is 0 Å². The number of carbonyl (C=O) groups is 2. The summed E-state index contributed by atoms with van der Waals surface area (Å²) >= 11 is 0. The molecule has 0 bridgehead atoms. The van der Waals surface area contributed by atoms with Crippen molar-refractivity contribution in [2.75, 3.05) is 32.7 Å². The van der Waals surface area contributed by atoms with Crippen molar-refractivity contribution in [1.82, 2.24) is 9.80 Å². The first-order chi connectivity index (χ1) is 8.49. The Bertz CT molecular complexity index is 292. The first-order valence-corrected chi connectivity index (χ1v) is 6.71. The Labute approximate surface area is 109 Å². The molecule has 1 N–H and O–H groups in total. The van der Waals surface area contributed by atoms with E-state index in [4.69, 9.17) is 5.11 Å². The van der Waals surface area contributed by atoms with Gasteiger partial charge >= 0.3 is 5.97 Å². The molecule has 0 aromatic carbocycles. The van der Waals surface area contributed by atoms with Crippen LogP contribution in [0.2, 0.25) is 0 Å². The van der Waals surface area contributed by atoms with E-state index in [1.807, 2.05) is 4.90 Å². The van der Waals surface area contributed by atoms with Crippen molar-refractivity contribution in [3.8, 4) is 0 Å². The molecule has 0 aromatic heterocycles. The van der Waals surface area contributed by atoms with Crippen molar-refractivity contribution in [3.05, 3.63) is 0 Å². The lowest BCUT2D eigenvalue weighted by atomic mass is 10.1. The molecule has 104 valence electrons. The number of amides is 1. The van der Waals surface area contributed by atoms with Gasteiger partial charge in [-0.15, -0.1) is 0 Å². The summed E-state index contributed by atoms with van der Waals surface area (Å²) in [5.74, 6) is -0.138. The molecular formula is C13H24N2O3. The van der Waals surface area contributed by atoms with E-state index in [-0.39, 0.29) is 12.3 Å². The highest BCUT2D eigenvalue weighted by molar-refractivity contribution is 5.76. The predicted molar refractivity (Wildman–Crippen MR) is 69.3 cm³/mol. The fourth-order valence-electron chi connectivity index (χ4n) is 2.18. The highest BCUT2D eigenvalue weighted by Crippen LogP contribution is 2.09. The van der Waals surface area contributed by atoms with Crippen molar-refractivity contribution in [2.45, 2.75) is 33.1 Å². The number of rotatable bonds is 5. The van der Waals surface area contributed by atoms with Gasteiger partial charge in [-0.25, -0.2) is 0 Å². The fourth-order valence-corrected chi connectivity index (χ4v) is 2.18. The highest BCUT2D eigenvalue weighted by atomic mass is 16.4. The van der Waals surface area contributed by atoms with Crippen LogP contribution in [-0.4, -0.2) is 59.5 Å². The van der Waals surface area contributed by atoms with Gasteiger partial charge in [0.1, 0.15) is 0 Å². The zero-order valence-corrected chi connectivity index (χ0v) is 11.4. The summed E-state index contributed by atoms with van der Waals surface area (Å²) in [5.41, 5.74) is 0. The van der Waals surface area contributed by atoms with Gasteiger partial charge in [-0.05, 0) is 18.9 Å². The molecule has 0 atom stereocenters. The van der Waals surface area contributed by atoms with E-state index in [9.17, 15) is 9.59 Å². The van der Waals surface area contributed by atoms with Crippen LogP contribution in [0.5, 0.6) is 0 Å². The molecule has 5 nitrogen and oxygen atoms in total. The first-order valence-electron chi connectivity index (χ1n) is 6.71. The van der Waals surface area contributed by atoms with Gasteiger partial charge in [0, 0.05) is 32.6 Å². The predicted octanol–water partition coefficient (Wildman–Crippen LogP) is 1.04. The van der Waals surface area contributed by atoms with Crippen LogP contribution < -0.4 is 0 Å². The smallest absolute Gasteiger partial charge is 0.304 e. The van der Waals surface area contributed by atoms with E-state index in [0.717, 1.165) is 32.6 Å². The van der Waals surface area contributed by atoms with Crippen molar-refractivity contribution in [3.63, 3.8) is 0 Å². The Morgan fingerprint density at radius 1 is 1.17 bits per heavy atom. The second-order valence-corrected chi connectivity index (χ2v) is 5.32. The fraction of sp³-hybridized carbons (Fsp3) is 0.846. The van der Waals surface area contributed by atoms with E-state index in [1.165, 1.54) is 0 Å². The first kappa shape index (κ1) is 15.0. The largest absolute Gasteiger partial charge is 0.481 e. The van der Waals surface area contributed by atoms with Crippen molar-refractivity contribution in [2.24, 2.45) is 5.92 Å². The van der Waals surface area contributed by atoms with Gasteiger partial charge in [0.05, 0.1) is 6.42 Å². The molecule has 1 aliphatic rings. The summed E-state index contributed by atoms with van der Waals surface area (Å²) in [6.45, 7) is 7.89. The summed E-state index contributed by atoms with van der Waals surface area (Å²) in [4.78, 5) is 26.5. The minimum Gasteiger partial charge on any atom is -0.481 e. The van der Waals surface area contributed by atoms with Gasteiger partial charge in [-0.1, -0.05) is 13.8 Å². The lowest BCUT2D eigenvalue weighted by Gasteiger charge is -2.22. The van der Waals surface area contributed by atoms with E-state index in [0.29, 0.717) is 18.9 Å². The summed E-state index contributed by atoms with van der Waals surface area (Å²) in [6.07, 6.45) is 1.72. The summed E-state index contributed by atoms with van der Waals surface area (Å²) in [6, 6.07) is 0. The van der Waals surface area contributed by atoms with E-state index in [2.05, 4.69) is 18.7 Å². The van der Waals surface area contributed by atoms with Crippen LogP contribution in [0, 0.1) is 5.92 Å². The Kier molecular flexibility index (Phi) is 6.12. The Morgan fingerprint density at radius 3 is 2.50 bits per heavy atom. The molecule has 1 saturated heterocycles. The summed E-state index contributed by atoms with van der Waals surface area (Å²) in [5, 5.41) is 8.66. The molecule has 1 heterocycles. The van der Waals surface area contributed by atoms with Crippen LogP contribution in [0.3, 0.4) is 0 Å². The zero-order chi connectivity index (χ0) is 13.5. The van der Waals surface area contributed by atoms with Crippen molar-refractivity contribution >= 4 is 11.9 Å². The van der Waals surface area contributed by atoms with Gasteiger partial charge in [0.25, 0.3) is 0 Å². The Hall–Kier alpha value is -1.10. The average molecular weight is 256 g/mol. The maximum atomic E-state index is 11.9. The third-order valence-electron chi connectivity index (χ3n) is 3.17. The number of nitrogens with zero attached hydrogens (tertiary/aromatic N) is 2. The molecule has 5 heteroatoms. The molecule has 0 unspecified atom stereocenters. The highest BCUT2D eigenvalue weighted by Gasteiger charge is 2.19. The van der Waals surface area contributed by atoms with E-state index >= 15 is 0 Å². The van der Waals surface area contributed by atoms with E-state index < -0.39 is 5.97 Å². The van der Waals surface area contributed by atoms with Crippen LogP contribution in [-0.2, 0) is 9.59 Å². The molecule has 0 aliphatic carbocycles. The lowest BCUT2D eigenvalue weighted by molar-refractivity contribution is -0.137. The number of carboxylic acids is 1. The molecule has 1 aliphatic heterocycles. The van der Waals surface area contributed by atoms with Crippen LogP contribution >= 0.6 is 0 Å². The number of hydrogen-bond acceptors (Lipinski definition) is 3. The number of carbonyl (C=O) groups excluding carboxylic acids is 1. The van der Waals surface area contributed by atoms with Gasteiger partial charge < -0.3 is 14.9 Å². The molecule has 0 radical (unpaired) electrons. The topological polar surface area (TPSA) is 60.9 Å². The summed E-state index contributed by atoms with van der Waals surface area (Å²) < 4.78 is 0. The third kappa shape index (κ3) is 5.49. The minimum atomic E-state index is -0.757. The number of aliphatic carboxylic acids is 1. The van der Waals surface area contributed by atoms with Crippen molar-refractivity contribution in [1.29, 1.82) is 0 Å². The molecule has 0 aromatic rings. The van der Waals surface area contributed by atoms with Gasteiger partial charge in [-0.2, -0.15) is 0 Å². The SMILES string of the molecule is CC(C)CC(=O)N1CCCN(CCC(=O)O)CC1. The van der Waals surface area contributed by atoms with Crippen LogP contribution in [0.25, 0.3) is 0 Å². The van der Waals surface area contributed by atoms with Crippen LogP contribution in [0.1, 0.15) is 33.1 Å². The van der Waals surface area contributed by atoms with Crippen LogP contribution in [0.15, 0.2) is 0 Å². The maximum Gasteiger partial charge on any atom is 0.304 e. The minimum absolute atomic E-state index is 0.180. The number of hydrogen-bond donors (Lipinski definition) is 1. The lowest BCUT2D eigenvalue weighted by Crippen LogP contribution is -2.36. The Balaban J connectivity index is 2.36.